The van der Waals surface area contributed by atoms with E-state index >= 15 is 8.78 Å². The molecule has 6 nitrogen and oxygen atoms in total. The van der Waals surface area contributed by atoms with E-state index < -0.39 is 58.6 Å². The van der Waals surface area contributed by atoms with E-state index in [0.29, 0.717) is 12.8 Å². The van der Waals surface area contributed by atoms with E-state index in [-0.39, 0.29) is 36.5 Å². The third kappa shape index (κ3) is 3.84. The molecule has 0 spiro atoms. The summed E-state index contributed by atoms with van der Waals surface area (Å²) in [4.78, 5) is 25.3. The number of nitrogens with two attached hydrogens (primary N) is 1. The highest BCUT2D eigenvalue weighted by Gasteiger charge is 2.79. The van der Waals surface area contributed by atoms with Crippen molar-refractivity contribution in [2.75, 3.05) is 6.54 Å². The summed E-state index contributed by atoms with van der Waals surface area (Å²) in [6.07, 6.45) is 1.15. The van der Waals surface area contributed by atoms with Crippen molar-refractivity contribution >= 4 is 11.6 Å². The van der Waals surface area contributed by atoms with Crippen molar-refractivity contribution in [1.29, 1.82) is 0 Å². The number of aliphatic hydroxyl groups excluding tert-OH is 1. The van der Waals surface area contributed by atoms with E-state index in [9.17, 15) is 14.7 Å². The summed E-state index contributed by atoms with van der Waals surface area (Å²) in [7, 11) is 0. The second kappa shape index (κ2) is 9.61. The molecule has 1 heterocycles. The number of Topliss-reactive ketones (excluding diaryl/α,β-unsaturated/α-hetero) is 1. The topological polar surface area (TPSA) is 98.9 Å². The van der Waals surface area contributed by atoms with Gasteiger partial charge in [0.15, 0.2) is 29.1 Å². The first kappa shape index (κ1) is 28.5. The Morgan fingerprint density at radius 2 is 1.89 bits per heavy atom. The zero-order valence-electron chi connectivity index (χ0n) is 22.9. The van der Waals surface area contributed by atoms with E-state index in [2.05, 4.69) is 20.8 Å². The first-order chi connectivity index (χ1) is 17.2. The first-order valence-corrected chi connectivity index (χ1v) is 13.8. The molecule has 0 radical (unpaired) electrons. The summed E-state index contributed by atoms with van der Waals surface area (Å²) < 4.78 is 45.2. The van der Waals surface area contributed by atoms with E-state index in [4.69, 9.17) is 15.2 Å². The van der Waals surface area contributed by atoms with Crippen molar-refractivity contribution in [1.82, 2.24) is 0 Å². The van der Waals surface area contributed by atoms with Crippen LogP contribution in [0, 0.1) is 28.6 Å². The van der Waals surface area contributed by atoms with Crippen LogP contribution in [0.2, 0.25) is 0 Å². The lowest BCUT2D eigenvalue weighted by Crippen LogP contribution is -2.71. The maximum Gasteiger partial charge on any atom is 0.181 e. The van der Waals surface area contributed by atoms with Crippen LogP contribution in [0.15, 0.2) is 23.8 Å². The van der Waals surface area contributed by atoms with Crippen LogP contribution < -0.4 is 5.73 Å². The standard InChI is InChI=1S/C25H33F2NO5.C4H10/c1-4-5-21-32-20-10-14-15-9-17(26)16-8-13(29)6-7-22(16,2)24(15,27)18(30)11-23(14,3)25(20,33-21)19(31)12-28;1-4(2)3/h6-8,14-15,17-18,20-21,30H,4-5,9-12,28H2,1-3H3;4H,1-3H3/t14-,15-,17-,18-,20+,21?,22-,23-,24-,25+;/m0./s1. The number of hydrogen-bond acceptors (Lipinski definition) is 6. The number of halogens is 2. The lowest BCUT2D eigenvalue weighted by molar-refractivity contribution is -0.233. The number of carbonyl (C=O) groups excluding carboxylic acids is 2. The van der Waals surface area contributed by atoms with Crippen molar-refractivity contribution in [3.05, 3.63) is 23.8 Å². The molecule has 3 N–H and O–H groups in total. The van der Waals surface area contributed by atoms with Crippen LogP contribution in [0.4, 0.5) is 8.78 Å². The molecule has 0 aromatic carbocycles. The minimum absolute atomic E-state index is 0.0449. The van der Waals surface area contributed by atoms with E-state index in [1.165, 1.54) is 18.2 Å². The Hall–Kier alpha value is -1.48. The molecule has 0 aromatic heterocycles. The number of hydrogen-bond donors (Lipinski definition) is 2. The highest BCUT2D eigenvalue weighted by Crippen LogP contribution is 2.72. The molecular formula is C29H43F2NO5. The number of fused-ring (bicyclic) bond motifs is 7. The minimum atomic E-state index is -2.20. The van der Waals surface area contributed by atoms with Crippen LogP contribution in [0.1, 0.15) is 73.6 Å². The molecule has 8 heteroatoms. The van der Waals surface area contributed by atoms with Crippen molar-refractivity contribution in [3.8, 4) is 0 Å². The van der Waals surface area contributed by atoms with E-state index in [0.717, 1.165) is 12.3 Å². The van der Waals surface area contributed by atoms with Crippen LogP contribution in [0.3, 0.4) is 0 Å². The van der Waals surface area contributed by atoms with Crippen molar-refractivity contribution in [2.45, 2.75) is 110 Å². The molecule has 3 saturated carbocycles. The van der Waals surface area contributed by atoms with E-state index in [1.807, 2.05) is 13.8 Å². The maximum absolute atomic E-state index is 17.2. The SMILES string of the molecule is CC(C)C.CCCC1O[C@@H]2C[C@H]3[C@@H]4C[C@H](F)C5=CC(=O)C=C[C@]5(C)[C@@]4(F)[C@@H](O)C[C@]3(C)[C@]2(C(=O)CN)O1. The first-order valence-electron chi connectivity index (χ1n) is 13.8. The van der Waals surface area contributed by atoms with Gasteiger partial charge in [0.25, 0.3) is 0 Å². The Labute approximate surface area is 219 Å². The van der Waals surface area contributed by atoms with Gasteiger partial charge in [-0.25, -0.2) is 8.78 Å². The van der Waals surface area contributed by atoms with Crippen molar-refractivity contribution in [2.24, 2.45) is 34.3 Å². The van der Waals surface area contributed by atoms with Crippen LogP contribution >= 0.6 is 0 Å². The number of aliphatic hydroxyl groups is 1. The molecule has 1 aliphatic heterocycles. The molecule has 4 aliphatic carbocycles. The van der Waals surface area contributed by atoms with Gasteiger partial charge in [-0.2, -0.15) is 0 Å². The molecule has 4 fully saturated rings. The monoisotopic (exact) mass is 523 g/mol. The fraction of sp³-hybridized carbons (Fsp3) is 0.793. The summed E-state index contributed by atoms with van der Waals surface area (Å²) in [6.45, 7) is 11.6. The number of ether oxygens (including phenoxy) is 2. The molecule has 0 aromatic rings. The summed E-state index contributed by atoms with van der Waals surface area (Å²) in [5.41, 5.74) is -0.130. The molecule has 10 atom stereocenters. The van der Waals surface area contributed by atoms with Gasteiger partial charge >= 0.3 is 0 Å². The minimum Gasteiger partial charge on any atom is -0.390 e. The average molecular weight is 524 g/mol. The molecule has 37 heavy (non-hydrogen) atoms. The Balaban J connectivity index is 0.000000747. The van der Waals surface area contributed by atoms with Gasteiger partial charge in [-0.3, -0.25) is 9.59 Å². The van der Waals surface area contributed by atoms with Crippen LogP contribution in [-0.4, -0.2) is 59.2 Å². The quantitative estimate of drug-likeness (QED) is 0.567. The van der Waals surface area contributed by atoms with Crippen LogP contribution in [0.25, 0.3) is 0 Å². The Morgan fingerprint density at radius 1 is 1.24 bits per heavy atom. The average Bonchev–Trinajstić information content (AvgIpc) is 3.29. The van der Waals surface area contributed by atoms with Gasteiger partial charge in [0.1, 0.15) is 6.17 Å². The Morgan fingerprint density at radius 3 is 2.49 bits per heavy atom. The number of allylic oxidation sites excluding steroid dienone is 4. The normalized spacial score (nSPS) is 47.9. The number of alkyl halides is 2. The van der Waals surface area contributed by atoms with Crippen LogP contribution in [0.5, 0.6) is 0 Å². The van der Waals surface area contributed by atoms with Gasteiger partial charge in [0.05, 0.1) is 18.8 Å². The predicted molar refractivity (Wildman–Crippen MR) is 136 cm³/mol. The van der Waals surface area contributed by atoms with Gasteiger partial charge in [-0.05, 0) is 62.2 Å². The largest absolute Gasteiger partial charge is 0.390 e. The van der Waals surface area contributed by atoms with Gasteiger partial charge < -0.3 is 20.3 Å². The van der Waals surface area contributed by atoms with Crippen molar-refractivity contribution < 1.29 is 33.0 Å². The number of ketones is 2. The summed E-state index contributed by atoms with van der Waals surface area (Å²) in [5.74, 6) is -1.21. The molecule has 1 saturated heterocycles. The van der Waals surface area contributed by atoms with Gasteiger partial charge in [0.2, 0.25) is 0 Å². The summed E-state index contributed by atoms with van der Waals surface area (Å²) >= 11 is 0. The lowest BCUT2D eigenvalue weighted by atomic mass is 9.44. The zero-order chi connectivity index (χ0) is 27.6. The fourth-order valence-electron chi connectivity index (χ4n) is 8.04. The number of rotatable bonds is 4. The molecule has 5 aliphatic rings. The Bertz CT molecular complexity index is 996. The predicted octanol–water partition coefficient (Wildman–Crippen LogP) is 4.39. The fourth-order valence-corrected chi connectivity index (χ4v) is 8.04. The molecule has 0 bridgehead atoms. The third-order valence-corrected chi connectivity index (χ3v) is 9.55. The molecule has 208 valence electrons. The Kier molecular flexibility index (Phi) is 7.41. The van der Waals surface area contributed by atoms with Crippen LogP contribution in [-0.2, 0) is 19.1 Å². The highest BCUT2D eigenvalue weighted by molar-refractivity contribution is 6.01. The second-order valence-corrected chi connectivity index (χ2v) is 12.7. The molecular weight excluding hydrogens is 480 g/mol. The van der Waals surface area contributed by atoms with Gasteiger partial charge in [-0.1, -0.05) is 47.1 Å². The van der Waals surface area contributed by atoms with Gasteiger partial charge in [0, 0.05) is 16.7 Å². The lowest BCUT2D eigenvalue weighted by Gasteiger charge is -2.63. The summed E-state index contributed by atoms with van der Waals surface area (Å²) in [5, 5.41) is 11.4. The maximum atomic E-state index is 17.2. The smallest absolute Gasteiger partial charge is 0.181 e. The molecule has 1 unspecified atom stereocenters. The third-order valence-electron chi connectivity index (χ3n) is 9.55. The summed E-state index contributed by atoms with van der Waals surface area (Å²) in [6, 6.07) is 0. The highest BCUT2D eigenvalue weighted by atomic mass is 19.1. The second-order valence-electron chi connectivity index (χ2n) is 12.7. The number of carbonyl (C=O) groups is 2. The molecule has 0 amide bonds. The molecule has 5 rings (SSSR count). The van der Waals surface area contributed by atoms with E-state index in [1.54, 1.807) is 6.92 Å². The zero-order valence-corrected chi connectivity index (χ0v) is 22.9. The van der Waals surface area contributed by atoms with Gasteiger partial charge in [-0.15, -0.1) is 0 Å². The van der Waals surface area contributed by atoms with Crippen molar-refractivity contribution in [3.63, 3.8) is 0 Å².